The average molecular weight is 359 g/mol. The summed E-state index contributed by atoms with van der Waals surface area (Å²) in [6.07, 6.45) is 2.50. The molecule has 2 aromatic carbocycles. The van der Waals surface area contributed by atoms with Crippen molar-refractivity contribution in [3.8, 4) is 5.75 Å². The maximum absolute atomic E-state index is 12.2. The molecule has 3 rings (SSSR count). The molecule has 1 heterocycles. The van der Waals surface area contributed by atoms with E-state index in [2.05, 4.69) is 22.3 Å². The van der Waals surface area contributed by atoms with E-state index in [0.717, 1.165) is 29.9 Å². The summed E-state index contributed by atoms with van der Waals surface area (Å²) < 4.78 is 5.59. The number of amides is 1. The van der Waals surface area contributed by atoms with Crippen LogP contribution in [0.5, 0.6) is 5.75 Å². The van der Waals surface area contributed by atoms with Gasteiger partial charge in [0.2, 0.25) is 0 Å². The lowest BCUT2D eigenvalue weighted by atomic mass is 10.1. The number of nitrogens with one attached hydrogen (secondary N) is 1. The molecule has 0 aromatic heterocycles. The van der Waals surface area contributed by atoms with Crippen LogP contribution in [-0.4, -0.2) is 25.6 Å². The van der Waals surface area contributed by atoms with E-state index >= 15 is 0 Å². The lowest BCUT2D eigenvalue weighted by Gasteiger charge is -2.19. The molecule has 1 aliphatic rings. The van der Waals surface area contributed by atoms with Gasteiger partial charge in [-0.3, -0.25) is 4.79 Å². The summed E-state index contributed by atoms with van der Waals surface area (Å²) in [5, 5.41) is 3.58. The van der Waals surface area contributed by atoms with Crippen molar-refractivity contribution in [3.05, 3.63) is 52.5 Å². The molecule has 4 nitrogen and oxygen atoms in total. The molecule has 0 unspecified atom stereocenters. The average Bonchev–Trinajstić information content (AvgIpc) is 3.10. The minimum absolute atomic E-state index is 0.0320. The molecule has 0 saturated carbocycles. The van der Waals surface area contributed by atoms with Crippen LogP contribution in [0.15, 0.2) is 36.4 Å². The number of aryl methyl sites for hydroxylation is 2. The Bertz CT molecular complexity index is 770. The molecule has 1 saturated heterocycles. The quantitative estimate of drug-likeness (QED) is 0.850. The number of halogens is 1. The van der Waals surface area contributed by atoms with Gasteiger partial charge in [-0.15, -0.1) is 0 Å². The monoisotopic (exact) mass is 358 g/mol. The Hall–Kier alpha value is -2.20. The first-order chi connectivity index (χ1) is 12.0. The van der Waals surface area contributed by atoms with Gasteiger partial charge in [0.05, 0.1) is 0 Å². The first-order valence-electron chi connectivity index (χ1n) is 8.57. The zero-order valence-electron chi connectivity index (χ0n) is 14.6. The van der Waals surface area contributed by atoms with Crippen LogP contribution in [0.4, 0.5) is 11.4 Å². The van der Waals surface area contributed by atoms with E-state index in [0.29, 0.717) is 10.8 Å². The molecular weight excluding hydrogens is 336 g/mol. The molecule has 0 bridgehead atoms. The first-order valence-corrected chi connectivity index (χ1v) is 8.95. The van der Waals surface area contributed by atoms with Crippen molar-refractivity contribution < 1.29 is 9.53 Å². The Kier molecular flexibility index (Phi) is 5.49. The van der Waals surface area contributed by atoms with Crippen molar-refractivity contribution in [1.82, 2.24) is 0 Å². The normalized spacial score (nSPS) is 13.8. The number of benzene rings is 2. The SMILES string of the molecule is Cc1cc(N2CCCC2)ccc1NC(=O)COc1ccc(Cl)cc1C. The third-order valence-corrected chi connectivity index (χ3v) is 4.69. The van der Waals surface area contributed by atoms with Crippen LogP contribution in [0.25, 0.3) is 0 Å². The van der Waals surface area contributed by atoms with Crippen molar-refractivity contribution in [2.45, 2.75) is 26.7 Å². The number of carbonyl (C=O) groups excluding carboxylic acids is 1. The number of nitrogens with zero attached hydrogens (tertiary/aromatic N) is 1. The third kappa shape index (κ3) is 4.45. The van der Waals surface area contributed by atoms with Gasteiger partial charge in [-0.05, 0) is 74.2 Å². The molecule has 0 spiro atoms. The number of hydrogen-bond donors (Lipinski definition) is 1. The second-order valence-corrected chi connectivity index (χ2v) is 6.88. The summed E-state index contributed by atoms with van der Waals surface area (Å²) in [7, 11) is 0. The maximum Gasteiger partial charge on any atom is 0.262 e. The number of hydrogen-bond acceptors (Lipinski definition) is 3. The molecular formula is C20H23ClN2O2. The van der Waals surface area contributed by atoms with E-state index in [-0.39, 0.29) is 12.5 Å². The fourth-order valence-electron chi connectivity index (χ4n) is 3.06. The topological polar surface area (TPSA) is 41.6 Å². The van der Waals surface area contributed by atoms with Crippen LogP contribution in [0.2, 0.25) is 5.02 Å². The van der Waals surface area contributed by atoms with E-state index in [1.54, 1.807) is 12.1 Å². The number of rotatable bonds is 5. The van der Waals surface area contributed by atoms with Crippen molar-refractivity contribution in [2.24, 2.45) is 0 Å². The van der Waals surface area contributed by atoms with Gasteiger partial charge in [-0.25, -0.2) is 0 Å². The number of ether oxygens (including phenoxy) is 1. The Morgan fingerprint density at radius 1 is 1.12 bits per heavy atom. The fraction of sp³-hybridized carbons (Fsp3) is 0.350. The molecule has 0 atom stereocenters. The van der Waals surface area contributed by atoms with Crippen molar-refractivity contribution >= 4 is 28.9 Å². The van der Waals surface area contributed by atoms with E-state index in [4.69, 9.17) is 16.3 Å². The van der Waals surface area contributed by atoms with Crippen molar-refractivity contribution in [2.75, 3.05) is 29.9 Å². The molecule has 2 aromatic rings. The summed E-state index contributed by atoms with van der Waals surface area (Å²) in [4.78, 5) is 14.6. The maximum atomic E-state index is 12.2. The number of carbonyl (C=O) groups is 1. The molecule has 132 valence electrons. The Labute approximate surface area is 153 Å². The lowest BCUT2D eigenvalue weighted by Crippen LogP contribution is -2.21. The largest absolute Gasteiger partial charge is 0.483 e. The second-order valence-electron chi connectivity index (χ2n) is 6.44. The zero-order chi connectivity index (χ0) is 17.8. The highest BCUT2D eigenvalue weighted by atomic mass is 35.5. The summed E-state index contributed by atoms with van der Waals surface area (Å²) in [6, 6.07) is 11.5. The number of anilines is 2. The minimum Gasteiger partial charge on any atom is -0.483 e. The smallest absolute Gasteiger partial charge is 0.262 e. The molecule has 0 radical (unpaired) electrons. The van der Waals surface area contributed by atoms with Gasteiger partial charge in [-0.1, -0.05) is 11.6 Å². The van der Waals surface area contributed by atoms with Gasteiger partial charge in [0.25, 0.3) is 5.91 Å². The van der Waals surface area contributed by atoms with Crippen LogP contribution in [0.1, 0.15) is 24.0 Å². The van der Waals surface area contributed by atoms with Crippen LogP contribution in [0, 0.1) is 13.8 Å². The molecule has 1 N–H and O–H groups in total. The summed E-state index contributed by atoms with van der Waals surface area (Å²) in [5.41, 5.74) is 4.01. The van der Waals surface area contributed by atoms with Gasteiger partial charge < -0.3 is 15.0 Å². The highest BCUT2D eigenvalue weighted by molar-refractivity contribution is 6.30. The predicted octanol–water partition coefficient (Wildman–Crippen LogP) is 4.57. The Morgan fingerprint density at radius 3 is 2.56 bits per heavy atom. The second kappa shape index (κ2) is 7.79. The molecule has 5 heteroatoms. The summed E-state index contributed by atoms with van der Waals surface area (Å²) in [6.45, 7) is 6.11. The van der Waals surface area contributed by atoms with Gasteiger partial charge in [0, 0.05) is 29.5 Å². The summed E-state index contributed by atoms with van der Waals surface area (Å²) in [5.74, 6) is 0.493. The van der Waals surface area contributed by atoms with E-state index in [1.165, 1.54) is 18.5 Å². The molecule has 1 fully saturated rings. The Balaban J connectivity index is 1.58. The summed E-state index contributed by atoms with van der Waals surface area (Å²) >= 11 is 5.93. The van der Waals surface area contributed by atoms with Crippen molar-refractivity contribution in [3.63, 3.8) is 0 Å². The Morgan fingerprint density at radius 2 is 1.88 bits per heavy atom. The lowest BCUT2D eigenvalue weighted by molar-refractivity contribution is -0.118. The van der Waals surface area contributed by atoms with E-state index < -0.39 is 0 Å². The van der Waals surface area contributed by atoms with Crippen molar-refractivity contribution in [1.29, 1.82) is 0 Å². The van der Waals surface area contributed by atoms with Gasteiger partial charge in [0.15, 0.2) is 6.61 Å². The third-order valence-electron chi connectivity index (χ3n) is 4.45. The molecule has 25 heavy (non-hydrogen) atoms. The van der Waals surface area contributed by atoms with E-state index in [9.17, 15) is 4.79 Å². The molecule has 0 aliphatic carbocycles. The highest BCUT2D eigenvalue weighted by Gasteiger charge is 2.14. The highest BCUT2D eigenvalue weighted by Crippen LogP contribution is 2.26. The van der Waals surface area contributed by atoms with Gasteiger partial charge in [-0.2, -0.15) is 0 Å². The van der Waals surface area contributed by atoms with Crippen LogP contribution >= 0.6 is 11.6 Å². The zero-order valence-corrected chi connectivity index (χ0v) is 15.4. The van der Waals surface area contributed by atoms with E-state index in [1.807, 2.05) is 26.0 Å². The van der Waals surface area contributed by atoms with Crippen LogP contribution in [-0.2, 0) is 4.79 Å². The fourth-order valence-corrected chi connectivity index (χ4v) is 3.29. The first kappa shape index (κ1) is 17.6. The van der Waals surface area contributed by atoms with Crippen LogP contribution < -0.4 is 15.0 Å². The van der Waals surface area contributed by atoms with Gasteiger partial charge >= 0.3 is 0 Å². The standard InChI is InChI=1S/C20H23ClN2O2/c1-14-12-17(23-9-3-4-10-23)6-7-18(14)22-20(24)13-25-19-8-5-16(21)11-15(19)2/h5-8,11-12H,3-4,9-10,13H2,1-2H3,(H,22,24). The molecule has 1 amide bonds. The van der Waals surface area contributed by atoms with Crippen LogP contribution in [0.3, 0.4) is 0 Å². The predicted molar refractivity (Wildman–Crippen MR) is 103 cm³/mol. The molecule has 1 aliphatic heterocycles. The minimum atomic E-state index is -0.175. The van der Waals surface area contributed by atoms with Gasteiger partial charge in [0.1, 0.15) is 5.75 Å².